The molecule has 13 nitrogen and oxygen atoms in total. The SMILES string of the molecule is Nc1ccc(N=Nc2ccc3c(O)cc(S(=O)(=O)O)cc3c2S(=O)(=O)O)c2ccc(S(=O)(=O)O)cc12. The molecule has 0 saturated heterocycles. The Morgan fingerprint density at radius 1 is 0.583 bits per heavy atom. The van der Waals surface area contributed by atoms with E-state index in [1.165, 1.54) is 24.3 Å². The highest BCUT2D eigenvalue weighted by atomic mass is 32.2. The maximum Gasteiger partial charge on any atom is 0.297 e. The summed E-state index contributed by atoms with van der Waals surface area (Å²) in [4.78, 5) is -2.14. The molecule has 4 rings (SSSR count). The number of hydrogen-bond acceptors (Lipinski definition) is 10. The van der Waals surface area contributed by atoms with Gasteiger partial charge in [0.15, 0.2) is 0 Å². The van der Waals surface area contributed by atoms with E-state index in [2.05, 4.69) is 10.2 Å². The average molecular weight is 554 g/mol. The number of phenols is 1. The first-order chi connectivity index (χ1) is 16.6. The zero-order valence-corrected chi connectivity index (χ0v) is 20.1. The molecule has 6 N–H and O–H groups in total. The number of anilines is 1. The molecule has 0 amide bonds. The van der Waals surface area contributed by atoms with Gasteiger partial charge >= 0.3 is 0 Å². The van der Waals surface area contributed by atoms with Crippen molar-refractivity contribution in [1.82, 2.24) is 0 Å². The number of nitrogens with zero attached hydrogens (tertiary/aromatic N) is 2. The summed E-state index contributed by atoms with van der Waals surface area (Å²) < 4.78 is 98.9. The van der Waals surface area contributed by atoms with Crippen molar-refractivity contribution in [2.24, 2.45) is 10.2 Å². The normalized spacial score (nSPS) is 13.1. The van der Waals surface area contributed by atoms with Crippen molar-refractivity contribution >= 4 is 69.0 Å². The van der Waals surface area contributed by atoms with E-state index >= 15 is 0 Å². The number of hydrogen-bond donors (Lipinski definition) is 5. The van der Waals surface area contributed by atoms with Gasteiger partial charge in [0.1, 0.15) is 16.3 Å². The molecule has 0 heterocycles. The lowest BCUT2D eigenvalue weighted by Crippen LogP contribution is -2.02. The first-order valence-corrected chi connectivity index (χ1v) is 13.9. The second-order valence-electron chi connectivity index (χ2n) is 7.46. The molecule has 0 spiro atoms. The molecule has 0 aliphatic heterocycles. The summed E-state index contributed by atoms with van der Waals surface area (Å²) in [5.41, 5.74) is 5.69. The Morgan fingerprint density at radius 3 is 1.75 bits per heavy atom. The van der Waals surface area contributed by atoms with E-state index < -0.39 is 61.9 Å². The monoisotopic (exact) mass is 553 g/mol. The summed E-state index contributed by atoms with van der Waals surface area (Å²) in [5, 5.41) is 17.8. The van der Waals surface area contributed by atoms with Gasteiger partial charge in [-0.1, -0.05) is 6.07 Å². The quantitative estimate of drug-likeness (QED) is 0.136. The van der Waals surface area contributed by atoms with Crippen molar-refractivity contribution in [2.45, 2.75) is 14.7 Å². The minimum absolute atomic E-state index is 0.0945. The lowest BCUT2D eigenvalue weighted by atomic mass is 10.1. The Hall–Kier alpha value is -3.67. The van der Waals surface area contributed by atoms with Gasteiger partial charge in [-0.05, 0) is 42.5 Å². The van der Waals surface area contributed by atoms with Crippen LogP contribution in [0.15, 0.2) is 79.5 Å². The predicted octanol–water partition coefficient (Wildman–Crippen LogP) is 3.44. The first-order valence-electron chi connectivity index (χ1n) is 9.53. The molecule has 0 radical (unpaired) electrons. The number of benzene rings is 4. The van der Waals surface area contributed by atoms with Crippen molar-refractivity contribution in [1.29, 1.82) is 0 Å². The Labute approximate surface area is 203 Å². The molecular weight excluding hydrogens is 538 g/mol. The number of azo groups is 1. The van der Waals surface area contributed by atoms with Crippen LogP contribution in [0.4, 0.5) is 17.1 Å². The van der Waals surface area contributed by atoms with Crippen LogP contribution in [0.1, 0.15) is 0 Å². The number of aromatic hydroxyl groups is 1. The number of fused-ring (bicyclic) bond motifs is 2. The highest BCUT2D eigenvalue weighted by Gasteiger charge is 2.24. The van der Waals surface area contributed by atoms with Crippen molar-refractivity contribution in [2.75, 3.05) is 5.73 Å². The van der Waals surface area contributed by atoms with Crippen LogP contribution in [0, 0.1) is 0 Å². The first kappa shape index (κ1) is 25.4. The van der Waals surface area contributed by atoms with Gasteiger partial charge in [0, 0.05) is 33.3 Å². The average Bonchev–Trinajstić information content (AvgIpc) is 2.76. The molecule has 0 aliphatic carbocycles. The molecule has 0 aliphatic rings. The standard InChI is InChI=1S/C20H15N3O10S3/c21-16-4-6-17(12-2-1-10(7-14(12)16)34(25,26)27)22-23-18-5-3-13-15(20(18)36(31,32)33)8-11(9-19(13)24)35(28,29)30/h1-9,24H,21H2,(H,25,26,27)(H,28,29,30)(H,31,32,33). The Kier molecular flexibility index (Phi) is 5.98. The number of nitrogen functional groups attached to an aromatic ring is 1. The maximum atomic E-state index is 12.2. The Bertz CT molecular complexity index is 1940. The molecule has 0 bridgehead atoms. The topological polar surface area (TPSA) is 234 Å². The summed E-state index contributed by atoms with van der Waals surface area (Å²) in [6.07, 6.45) is 0. The van der Waals surface area contributed by atoms with Crippen LogP contribution < -0.4 is 5.73 Å². The zero-order chi connectivity index (χ0) is 26.6. The smallest absolute Gasteiger partial charge is 0.297 e. The molecule has 188 valence electrons. The highest BCUT2D eigenvalue weighted by molar-refractivity contribution is 7.86. The van der Waals surface area contributed by atoms with Crippen molar-refractivity contribution < 1.29 is 44.0 Å². The van der Waals surface area contributed by atoms with E-state index in [1.54, 1.807) is 0 Å². The van der Waals surface area contributed by atoms with Gasteiger partial charge in [-0.3, -0.25) is 13.7 Å². The van der Waals surface area contributed by atoms with Crippen LogP contribution in [-0.4, -0.2) is 44.0 Å². The Balaban J connectivity index is 1.96. The van der Waals surface area contributed by atoms with Crippen molar-refractivity contribution in [3.05, 3.63) is 54.6 Å². The van der Waals surface area contributed by atoms with Gasteiger partial charge in [0.25, 0.3) is 30.4 Å². The Morgan fingerprint density at radius 2 is 1.14 bits per heavy atom. The minimum Gasteiger partial charge on any atom is -0.507 e. The van der Waals surface area contributed by atoms with Crippen molar-refractivity contribution in [3.63, 3.8) is 0 Å². The van der Waals surface area contributed by atoms with E-state index in [4.69, 9.17) is 5.73 Å². The van der Waals surface area contributed by atoms with E-state index in [9.17, 15) is 44.0 Å². The van der Waals surface area contributed by atoms with Crippen LogP contribution >= 0.6 is 0 Å². The fraction of sp³-hybridized carbons (Fsp3) is 0. The fourth-order valence-corrected chi connectivity index (χ4v) is 5.39. The summed E-state index contributed by atoms with van der Waals surface area (Å²) in [6, 6.07) is 9.99. The maximum absolute atomic E-state index is 12.2. The summed E-state index contributed by atoms with van der Waals surface area (Å²) >= 11 is 0. The summed E-state index contributed by atoms with van der Waals surface area (Å²) in [6.45, 7) is 0. The summed E-state index contributed by atoms with van der Waals surface area (Å²) in [7, 11) is -14.4. The van der Waals surface area contributed by atoms with Gasteiger partial charge in [-0.15, -0.1) is 10.2 Å². The molecule has 0 unspecified atom stereocenters. The number of phenolic OH excluding ortho intramolecular Hbond substituents is 1. The third-order valence-corrected chi connectivity index (χ3v) is 7.76. The van der Waals surface area contributed by atoms with E-state index in [0.29, 0.717) is 6.07 Å². The molecule has 36 heavy (non-hydrogen) atoms. The second kappa shape index (κ2) is 8.47. The van der Waals surface area contributed by atoms with Gasteiger partial charge in [0.05, 0.1) is 15.5 Å². The van der Waals surface area contributed by atoms with Gasteiger partial charge in [0.2, 0.25) is 0 Å². The highest BCUT2D eigenvalue weighted by Crippen LogP contribution is 2.39. The van der Waals surface area contributed by atoms with Gasteiger partial charge in [-0.25, -0.2) is 0 Å². The van der Waals surface area contributed by atoms with Crippen LogP contribution in [0.25, 0.3) is 21.5 Å². The van der Waals surface area contributed by atoms with Crippen molar-refractivity contribution in [3.8, 4) is 5.75 Å². The van der Waals surface area contributed by atoms with Gasteiger partial charge in [-0.2, -0.15) is 25.3 Å². The van der Waals surface area contributed by atoms with Crippen LogP contribution in [0.5, 0.6) is 5.75 Å². The molecule has 0 aromatic heterocycles. The lowest BCUT2D eigenvalue weighted by molar-refractivity contribution is 0.470. The molecule has 16 heteroatoms. The lowest BCUT2D eigenvalue weighted by Gasteiger charge is -2.10. The zero-order valence-electron chi connectivity index (χ0n) is 17.6. The van der Waals surface area contributed by atoms with E-state index in [1.807, 2.05) is 0 Å². The van der Waals surface area contributed by atoms with E-state index in [0.717, 1.165) is 24.3 Å². The third-order valence-electron chi connectivity index (χ3n) is 5.13. The summed E-state index contributed by atoms with van der Waals surface area (Å²) in [5.74, 6) is -0.687. The molecule has 0 saturated carbocycles. The fourth-order valence-electron chi connectivity index (χ4n) is 3.54. The molecule has 4 aromatic rings. The molecule has 0 fully saturated rings. The molecular formula is C20H15N3O10S3. The minimum atomic E-state index is -5.07. The molecule has 4 aromatic carbocycles. The second-order valence-corrected chi connectivity index (χ2v) is 11.7. The molecule has 0 atom stereocenters. The largest absolute Gasteiger partial charge is 0.507 e. The number of rotatable bonds is 5. The predicted molar refractivity (Wildman–Crippen MR) is 128 cm³/mol. The van der Waals surface area contributed by atoms with Crippen LogP contribution in [-0.2, 0) is 30.4 Å². The number of nitrogens with two attached hydrogens (primary N) is 1. The van der Waals surface area contributed by atoms with Crippen LogP contribution in [0.3, 0.4) is 0 Å². The van der Waals surface area contributed by atoms with E-state index in [-0.39, 0.29) is 27.5 Å². The van der Waals surface area contributed by atoms with Gasteiger partial charge < -0.3 is 10.8 Å². The third kappa shape index (κ3) is 4.72. The van der Waals surface area contributed by atoms with Crippen LogP contribution in [0.2, 0.25) is 0 Å².